The maximum absolute atomic E-state index is 11.7. The number of hydrogen-bond donors (Lipinski definition) is 1. The minimum Gasteiger partial charge on any atom is -0.467 e. The van der Waals surface area contributed by atoms with Crippen molar-refractivity contribution in [3.8, 4) is 0 Å². The van der Waals surface area contributed by atoms with Crippen molar-refractivity contribution < 1.29 is 23.5 Å². The number of esters is 1. The number of likely N-dealkylation sites (tertiary alicyclic amines) is 1. The van der Waals surface area contributed by atoms with Gasteiger partial charge in [0.25, 0.3) is 0 Å². The zero-order chi connectivity index (χ0) is 17.1. The predicted molar refractivity (Wildman–Crippen MR) is 86.5 cm³/mol. The Morgan fingerprint density at radius 1 is 1.54 bits per heavy atom. The van der Waals surface area contributed by atoms with E-state index in [1.807, 2.05) is 13.0 Å². The van der Waals surface area contributed by atoms with Gasteiger partial charge in [0.05, 0.1) is 19.9 Å². The fourth-order valence-corrected chi connectivity index (χ4v) is 3.35. The molecule has 2 aromatic rings. The van der Waals surface area contributed by atoms with Crippen LogP contribution in [0.5, 0.6) is 0 Å². The van der Waals surface area contributed by atoms with E-state index in [9.17, 15) is 9.90 Å². The Morgan fingerprint density at radius 2 is 2.38 bits per heavy atom. The SMILES string of the molecule is COC(=O)c1oc(CN2CCCC2CC(O)c2ccco2)cc1C. The lowest BCUT2D eigenvalue weighted by atomic mass is 10.1. The number of methoxy groups -OCH3 is 1. The largest absolute Gasteiger partial charge is 0.467 e. The molecule has 0 radical (unpaired) electrons. The van der Waals surface area contributed by atoms with Crippen molar-refractivity contribution in [1.82, 2.24) is 4.90 Å². The minimum atomic E-state index is -0.602. The first-order valence-electron chi connectivity index (χ1n) is 8.21. The van der Waals surface area contributed by atoms with Crippen LogP contribution in [0.1, 0.15) is 53.0 Å². The van der Waals surface area contributed by atoms with Crippen LogP contribution in [0.4, 0.5) is 0 Å². The van der Waals surface area contributed by atoms with Crippen molar-refractivity contribution in [3.05, 3.63) is 47.3 Å². The van der Waals surface area contributed by atoms with Crippen molar-refractivity contribution in [2.45, 2.75) is 44.9 Å². The third kappa shape index (κ3) is 3.55. The van der Waals surface area contributed by atoms with E-state index in [1.54, 1.807) is 18.4 Å². The van der Waals surface area contributed by atoms with Gasteiger partial charge in [-0.15, -0.1) is 0 Å². The smallest absolute Gasteiger partial charge is 0.374 e. The van der Waals surface area contributed by atoms with E-state index in [1.165, 1.54) is 7.11 Å². The summed E-state index contributed by atoms with van der Waals surface area (Å²) < 4.78 is 15.7. The van der Waals surface area contributed by atoms with Gasteiger partial charge in [0.2, 0.25) is 5.76 Å². The summed E-state index contributed by atoms with van der Waals surface area (Å²) in [6, 6.07) is 5.72. The summed E-state index contributed by atoms with van der Waals surface area (Å²) in [6.07, 6.45) is 3.71. The van der Waals surface area contributed by atoms with Gasteiger partial charge < -0.3 is 18.7 Å². The first-order chi connectivity index (χ1) is 11.6. The van der Waals surface area contributed by atoms with E-state index in [4.69, 9.17) is 13.6 Å². The Bertz CT molecular complexity index is 676. The van der Waals surface area contributed by atoms with Crippen molar-refractivity contribution in [3.63, 3.8) is 0 Å². The van der Waals surface area contributed by atoms with Gasteiger partial charge in [0, 0.05) is 11.6 Å². The number of aliphatic hydroxyl groups excluding tert-OH is 1. The molecule has 0 amide bonds. The number of nitrogens with zero attached hydrogens (tertiary/aromatic N) is 1. The third-order valence-corrected chi connectivity index (χ3v) is 4.56. The molecule has 1 N–H and O–H groups in total. The molecule has 24 heavy (non-hydrogen) atoms. The molecule has 1 fully saturated rings. The number of carbonyl (C=O) groups is 1. The van der Waals surface area contributed by atoms with Crippen molar-refractivity contribution >= 4 is 5.97 Å². The summed E-state index contributed by atoms with van der Waals surface area (Å²) in [6.45, 7) is 3.40. The summed E-state index contributed by atoms with van der Waals surface area (Å²) >= 11 is 0. The normalized spacial score (nSPS) is 19.5. The van der Waals surface area contributed by atoms with Crippen LogP contribution in [0.25, 0.3) is 0 Å². The summed E-state index contributed by atoms with van der Waals surface area (Å²) in [4.78, 5) is 13.9. The average molecular weight is 333 g/mol. The quantitative estimate of drug-likeness (QED) is 0.819. The van der Waals surface area contributed by atoms with Crippen molar-refractivity contribution in [2.24, 2.45) is 0 Å². The fraction of sp³-hybridized carbons (Fsp3) is 0.500. The molecule has 0 aromatic carbocycles. The maximum Gasteiger partial charge on any atom is 0.374 e. The molecule has 1 aliphatic rings. The summed E-state index contributed by atoms with van der Waals surface area (Å²) in [7, 11) is 1.34. The minimum absolute atomic E-state index is 0.261. The molecule has 1 saturated heterocycles. The molecular weight excluding hydrogens is 310 g/mol. The number of furan rings is 2. The number of hydrogen-bond acceptors (Lipinski definition) is 6. The fourth-order valence-electron chi connectivity index (χ4n) is 3.35. The highest BCUT2D eigenvalue weighted by Crippen LogP contribution is 2.29. The number of aryl methyl sites for hydroxylation is 1. The highest BCUT2D eigenvalue weighted by Gasteiger charge is 2.29. The maximum atomic E-state index is 11.7. The molecule has 0 spiro atoms. The highest BCUT2D eigenvalue weighted by molar-refractivity contribution is 5.87. The zero-order valence-corrected chi connectivity index (χ0v) is 14.0. The van der Waals surface area contributed by atoms with Crippen molar-refractivity contribution in [2.75, 3.05) is 13.7 Å². The van der Waals surface area contributed by atoms with E-state index < -0.39 is 12.1 Å². The van der Waals surface area contributed by atoms with Gasteiger partial charge in [-0.05, 0) is 50.9 Å². The molecule has 3 rings (SSSR count). The van der Waals surface area contributed by atoms with E-state index in [0.29, 0.717) is 18.7 Å². The van der Waals surface area contributed by atoms with Gasteiger partial charge in [0.15, 0.2) is 0 Å². The zero-order valence-electron chi connectivity index (χ0n) is 14.0. The Morgan fingerprint density at radius 3 is 3.08 bits per heavy atom. The lowest BCUT2D eigenvalue weighted by Crippen LogP contribution is -2.30. The Labute approximate surface area is 141 Å². The highest BCUT2D eigenvalue weighted by atomic mass is 16.5. The van der Waals surface area contributed by atoms with Gasteiger partial charge in [-0.1, -0.05) is 0 Å². The van der Waals surface area contributed by atoms with Crippen LogP contribution in [0, 0.1) is 6.92 Å². The Kier molecular flexibility index (Phi) is 5.06. The molecule has 3 heterocycles. The molecule has 2 aromatic heterocycles. The molecule has 6 nitrogen and oxygen atoms in total. The van der Waals surface area contributed by atoms with E-state index in [-0.39, 0.29) is 11.8 Å². The summed E-state index contributed by atoms with van der Waals surface area (Å²) in [5.74, 6) is 1.15. The molecule has 2 atom stereocenters. The van der Waals surface area contributed by atoms with Gasteiger partial charge >= 0.3 is 5.97 Å². The second-order valence-corrected chi connectivity index (χ2v) is 6.25. The van der Waals surface area contributed by atoms with Crippen LogP contribution in [-0.2, 0) is 11.3 Å². The standard InChI is InChI=1S/C18H23NO5/c1-12-9-14(24-17(12)18(21)22-2)11-19-7-3-5-13(19)10-15(20)16-6-4-8-23-16/h4,6,8-9,13,15,20H,3,5,7,10-11H2,1-2H3. The van der Waals surface area contributed by atoms with Crippen LogP contribution < -0.4 is 0 Å². The first kappa shape index (κ1) is 16.8. The Balaban J connectivity index is 1.65. The monoisotopic (exact) mass is 333 g/mol. The van der Waals surface area contributed by atoms with Crippen molar-refractivity contribution in [1.29, 1.82) is 0 Å². The summed E-state index contributed by atoms with van der Waals surface area (Å²) in [5, 5.41) is 10.3. The van der Waals surface area contributed by atoms with E-state index in [0.717, 1.165) is 30.7 Å². The van der Waals surface area contributed by atoms with Crippen LogP contribution in [-0.4, -0.2) is 35.7 Å². The molecular formula is C18H23NO5. The van der Waals surface area contributed by atoms with Gasteiger partial charge in [0.1, 0.15) is 17.6 Å². The summed E-state index contributed by atoms with van der Waals surface area (Å²) in [5.41, 5.74) is 0.781. The number of ether oxygens (including phenoxy) is 1. The van der Waals surface area contributed by atoms with Crippen LogP contribution in [0.3, 0.4) is 0 Å². The van der Waals surface area contributed by atoms with Crippen LogP contribution >= 0.6 is 0 Å². The number of rotatable bonds is 6. The lowest BCUT2D eigenvalue weighted by Gasteiger charge is -2.25. The van der Waals surface area contributed by atoms with Gasteiger partial charge in [-0.3, -0.25) is 4.90 Å². The van der Waals surface area contributed by atoms with E-state index in [2.05, 4.69) is 4.90 Å². The lowest BCUT2D eigenvalue weighted by molar-refractivity contribution is 0.0558. The van der Waals surface area contributed by atoms with Gasteiger partial charge in [-0.2, -0.15) is 0 Å². The topological polar surface area (TPSA) is 76.0 Å². The second kappa shape index (κ2) is 7.23. The van der Waals surface area contributed by atoms with Gasteiger partial charge in [-0.25, -0.2) is 4.79 Å². The molecule has 6 heteroatoms. The molecule has 2 unspecified atom stereocenters. The van der Waals surface area contributed by atoms with Crippen LogP contribution in [0.15, 0.2) is 33.3 Å². The molecule has 130 valence electrons. The molecule has 0 bridgehead atoms. The number of carbonyl (C=O) groups excluding carboxylic acids is 1. The number of aliphatic hydroxyl groups is 1. The average Bonchev–Trinajstić information content (AvgIpc) is 3.29. The van der Waals surface area contributed by atoms with E-state index >= 15 is 0 Å². The first-order valence-corrected chi connectivity index (χ1v) is 8.21. The molecule has 1 aliphatic heterocycles. The molecule has 0 saturated carbocycles. The predicted octanol–water partition coefficient (Wildman–Crippen LogP) is 3.06. The van der Waals surface area contributed by atoms with Crippen LogP contribution in [0.2, 0.25) is 0 Å². The third-order valence-electron chi connectivity index (χ3n) is 4.56. The Hall–Kier alpha value is -2.05. The second-order valence-electron chi connectivity index (χ2n) is 6.25. The molecule has 0 aliphatic carbocycles.